The summed E-state index contributed by atoms with van der Waals surface area (Å²) in [4.78, 5) is 43.0. The van der Waals surface area contributed by atoms with Crippen molar-refractivity contribution in [3.8, 4) is 0 Å². The molecule has 0 unspecified atom stereocenters. The summed E-state index contributed by atoms with van der Waals surface area (Å²) in [6.45, 7) is 4.44. The number of rotatable bonds is 4. The van der Waals surface area contributed by atoms with E-state index in [9.17, 15) is 19.5 Å². The smallest absolute Gasteiger partial charge is 0.319 e. The Morgan fingerprint density at radius 3 is 1.85 bits per heavy atom. The van der Waals surface area contributed by atoms with E-state index in [1.807, 2.05) is 4.90 Å². The van der Waals surface area contributed by atoms with Crippen LogP contribution < -0.4 is 0 Å². The monoisotopic (exact) mass is 365 g/mol. The lowest BCUT2D eigenvalue weighted by atomic mass is 9.79. The Morgan fingerprint density at radius 1 is 0.731 bits per heavy atom. The average Bonchev–Trinajstić information content (AvgIpc) is 3.06. The minimum Gasteiger partial charge on any atom is -0.480 e. The van der Waals surface area contributed by atoms with Crippen molar-refractivity contribution in [3.63, 3.8) is 0 Å². The summed E-state index contributed by atoms with van der Waals surface area (Å²) < 4.78 is 0. The van der Waals surface area contributed by atoms with Gasteiger partial charge in [0.2, 0.25) is 11.8 Å². The van der Waals surface area contributed by atoms with E-state index in [2.05, 4.69) is 4.90 Å². The maximum atomic E-state index is 13.1. The lowest BCUT2D eigenvalue weighted by Gasteiger charge is -2.39. The lowest BCUT2D eigenvalue weighted by molar-refractivity contribution is -0.163. The van der Waals surface area contributed by atoms with Crippen LogP contribution in [0.4, 0.5) is 0 Å². The van der Waals surface area contributed by atoms with E-state index in [0.717, 1.165) is 51.6 Å². The van der Waals surface area contributed by atoms with Crippen LogP contribution in [0, 0.1) is 5.41 Å². The summed E-state index contributed by atoms with van der Waals surface area (Å²) in [6.07, 6.45) is 6.72. The molecule has 0 aromatic rings. The molecule has 2 aliphatic heterocycles. The van der Waals surface area contributed by atoms with Gasteiger partial charge in [-0.3, -0.25) is 19.3 Å². The van der Waals surface area contributed by atoms with Gasteiger partial charge in [-0.1, -0.05) is 25.7 Å². The van der Waals surface area contributed by atoms with Crippen LogP contribution >= 0.6 is 0 Å². The number of carboxylic acids is 1. The molecular weight excluding hydrogens is 334 g/mol. The number of amides is 2. The average molecular weight is 365 g/mol. The standard InChI is InChI=1S/C19H31N3O4/c23-16(21-9-5-6-10-21)15-20-11-13-22(14-12-20)17(24)19(18(25)26)7-3-1-2-4-8-19/h1-15H2,(H,25,26). The Balaban J connectivity index is 1.55. The van der Waals surface area contributed by atoms with Gasteiger partial charge in [0.25, 0.3) is 0 Å². The van der Waals surface area contributed by atoms with Crippen molar-refractivity contribution in [2.24, 2.45) is 5.41 Å². The maximum absolute atomic E-state index is 13.1. The van der Waals surface area contributed by atoms with Crippen molar-refractivity contribution in [3.05, 3.63) is 0 Å². The van der Waals surface area contributed by atoms with E-state index in [1.165, 1.54) is 0 Å². The molecule has 7 nitrogen and oxygen atoms in total. The van der Waals surface area contributed by atoms with E-state index >= 15 is 0 Å². The van der Waals surface area contributed by atoms with E-state index < -0.39 is 11.4 Å². The number of likely N-dealkylation sites (tertiary alicyclic amines) is 1. The van der Waals surface area contributed by atoms with Gasteiger partial charge in [-0.2, -0.15) is 0 Å². The molecule has 0 atom stereocenters. The van der Waals surface area contributed by atoms with Crippen molar-refractivity contribution in [1.82, 2.24) is 14.7 Å². The molecule has 0 spiro atoms. The first-order valence-electron chi connectivity index (χ1n) is 10.1. The van der Waals surface area contributed by atoms with Crippen LogP contribution in [0.2, 0.25) is 0 Å². The van der Waals surface area contributed by atoms with Gasteiger partial charge < -0.3 is 14.9 Å². The number of hydrogen-bond donors (Lipinski definition) is 1. The summed E-state index contributed by atoms with van der Waals surface area (Å²) in [5, 5.41) is 9.80. The Hall–Kier alpha value is -1.63. The molecule has 2 heterocycles. The van der Waals surface area contributed by atoms with Crippen LogP contribution in [0.25, 0.3) is 0 Å². The molecule has 2 saturated heterocycles. The zero-order chi connectivity index (χ0) is 18.6. The third-order valence-electron chi connectivity index (χ3n) is 6.25. The van der Waals surface area contributed by atoms with Crippen molar-refractivity contribution >= 4 is 17.8 Å². The fourth-order valence-corrected chi connectivity index (χ4v) is 4.52. The second-order valence-corrected chi connectivity index (χ2v) is 7.96. The normalized spacial score (nSPS) is 24.3. The Kier molecular flexibility index (Phi) is 6.16. The van der Waals surface area contributed by atoms with Crippen molar-refractivity contribution in [1.29, 1.82) is 0 Å². The number of aliphatic carboxylic acids is 1. The van der Waals surface area contributed by atoms with E-state index in [-0.39, 0.29) is 11.8 Å². The lowest BCUT2D eigenvalue weighted by Crippen LogP contribution is -2.56. The molecule has 1 saturated carbocycles. The number of carbonyl (C=O) groups is 3. The van der Waals surface area contributed by atoms with Crippen LogP contribution in [0.1, 0.15) is 51.4 Å². The number of carbonyl (C=O) groups excluding carboxylic acids is 2. The molecule has 0 aromatic heterocycles. The first kappa shape index (κ1) is 19.1. The second kappa shape index (κ2) is 8.37. The van der Waals surface area contributed by atoms with Gasteiger partial charge in [0.1, 0.15) is 5.41 Å². The third-order valence-corrected chi connectivity index (χ3v) is 6.25. The second-order valence-electron chi connectivity index (χ2n) is 7.96. The number of hydrogen-bond acceptors (Lipinski definition) is 4. The van der Waals surface area contributed by atoms with E-state index in [1.54, 1.807) is 4.90 Å². The highest BCUT2D eigenvalue weighted by Gasteiger charge is 2.48. The van der Waals surface area contributed by atoms with E-state index in [4.69, 9.17) is 0 Å². The SMILES string of the molecule is O=C(CN1CCN(C(=O)C2(C(=O)O)CCCCCC2)CC1)N1CCCC1. The molecule has 0 bridgehead atoms. The van der Waals surface area contributed by atoms with Gasteiger partial charge in [-0.05, 0) is 25.7 Å². The largest absolute Gasteiger partial charge is 0.480 e. The zero-order valence-corrected chi connectivity index (χ0v) is 15.6. The molecule has 0 radical (unpaired) electrons. The summed E-state index contributed by atoms with van der Waals surface area (Å²) in [5.41, 5.74) is -1.23. The van der Waals surface area contributed by atoms with Gasteiger partial charge in [-0.25, -0.2) is 0 Å². The summed E-state index contributed by atoms with van der Waals surface area (Å²) >= 11 is 0. The first-order chi connectivity index (χ1) is 12.5. The van der Waals surface area contributed by atoms with Crippen molar-refractivity contribution in [2.45, 2.75) is 51.4 Å². The minimum atomic E-state index is -1.23. The number of piperazine rings is 1. The fourth-order valence-electron chi connectivity index (χ4n) is 4.52. The van der Waals surface area contributed by atoms with Crippen LogP contribution in [-0.4, -0.2) is 83.4 Å². The molecule has 3 fully saturated rings. The highest BCUT2D eigenvalue weighted by Crippen LogP contribution is 2.37. The van der Waals surface area contributed by atoms with Crippen LogP contribution in [0.15, 0.2) is 0 Å². The molecule has 2 amide bonds. The first-order valence-corrected chi connectivity index (χ1v) is 10.1. The topological polar surface area (TPSA) is 81.2 Å². The van der Waals surface area contributed by atoms with Gasteiger partial charge in [0.05, 0.1) is 6.54 Å². The molecule has 7 heteroatoms. The Labute approximate surface area is 155 Å². The third kappa shape index (κ3) is 4.03. The molecular formula is C19H31N3O4. The van der Waals surface area contributed by atoms with Gasteiger partial charge in [0.15, 0.2) is 0 Å². The number of nitrogens with zero attached hydrogens (tertiary/aromatic N) is 3. The molecule has 0 aromatic carbocycles. The molecule has 3 aliphatic rings. The Bertz CT molecular complexity index is 529. The molecule has 1 N–H and O–H groups in total. The summed E-state index contributed by atoms with van der Waals surface area (Å²) in [5.74, 6) is -0.999. The Morgan fingerprint density at radius 2 is 1.31 bits per heavy atom. The van der Waals surface area contributed by atoms with Crippen molar-refractivity contribution < 1.29 is 19.5 Å². The van der Waals surface area contributed by atoms with Crippen LogP contribution in [0.3, 0.4) is 0 Å². The summed E-state index contributed by atoms with van der Waals surface area (Å²) in [6, 6.07) is 0. The maximum Gasteiger partial charge on any atom is 0.319 e. The van der Waals surface area contributed by atoms with Crippen LogP contribution in [-0.2, 0) is 14.4 Å². The predicted molar refractivity (Wildman–Crippen MR) is 96.6 cm³/mol. The number of carboxylic acid groups (broad SMARTS) is 1. The van der Waals surface area contributed by atoms with Gasteiger partial charge in [-0.15, -0.1) is 0 Å². The van der Waals surface area contributed by atoms with Crippen LogP contribution in [0.5, 0.6) is 0 Å². The van der Waals surface area contributed by atoms with Gasteiger partial charge in [0, 0.05) is 39.3 Å². The zero-order valence-electron chi connectivity index (χ0n) is 15.6. The fraction of sp³-hybridized carbons (Fsp3) is 0.842. The highest BCUT2D eigenvalue weighted by atomic mass is 16.4. The van der Waals surface area contributed by atoms with Crippen molar-refractivity contribution in [2.75, 3.05) is 45.8 Å². The molecule has 3 rings (SSSR count). The highest BCUT2D eigenvalue weighted by molar-refractivity contribution is 6.02. The molecule has 26 heavy (non-hydrogen) atoms. The minimum absolute atomic E-state index is 0.174. The quantitative estimate of drug-likeness (QED) is 0.598. The predicted octanol–water partition coefficient (Wildman–Crippen LogP) is 1.18. The van der Waals surface area contributed by atoms with Gasteiger partial charge >= 0.3 is 5.97 Å². The summed E-state index contributed by atoms with van der Waals surface area (Å²) in [7, 11) is 0. The molecule has 146 valence electrons. The van der Waals surface area contributed by atoms with E-state index in [0.29, 0.717) is 45.6 Å². The molecule has 1 aliphatic carbocycles.